The second kappa shape index (κ2) is 18.0. The lowest BCUT2D eigenvalue weighted by atomic mass is 9.75. The molecular weight excluding hydrogens is 781 g/mol. The van der Waals surface area contributed by atoms with Crippen LogP contribution in [0, 0.1) is 29.6 Å². The number of aldehydes is 1. The molecule has 1 N–H and O–H groups in total. The van der Waals surface area contributed by atoms with Crippen LogP contribution in [0.5, 0.6) is 0 Å². The molecule has 0 unspecified atom stereocenters. The highest BCUT2D eigenvalue weighted by Gasteiger charge is 2.73. The minimum absolute atomic E-state index is 0.0324. The monoisotopic (exact) mass is 850 g/mol. The minimum atomic E-state index is -2.23. The molecule has 12 heteroatoms. The van der Waals surface area contributed by atoms with E-state index in [0.717, 1.165) is 52.6 Å². The van der Waals surface area contributed by atoms with Gasteiger partial charge in [-0.2, -0.15) is 0 Å². The molecule has 1 aromatic carbocycles. The number of allylic oxidation sites excluding steroid dienone is 4. The van der Waals surface area contributed by atoms with Gasteiger partial charge in [0, 0.05) is 17.8 Å². The first-order valence-corrected chi connectivity index (χ1v) is 27.8. The number of methoxy groups -OCH3 is 1. The predicted octanol–water partition coefficient (Wildman–Crippen LogP) is 8.86. The maximum atomic E-state index is 13.4. The fourth-order valence-corrected chi connectivity index (χ4v) is 12.5. The number of hydrogen-bond donors (Lipinski definition) is 1. The zero-order valence-electron chi connectivity index (χ0n) is 38.1. The van der Waals surface area contributed by atoms with Gasteiger partial charge >= 0.3 is 11.9 Å². The number of esters is 2. The van der Waals surface area contributed by atoms with Gasteiger partial charge in [-0.25, -0.2) is 9.59 Å². The fourth-order valence-electron chi connectivity index (χ4n) is 9.60. The SMILES string of the molecule is C=C(C[C@@H](C)C(=O)[C@](C)(O[Si](C)(C)C)C(=O)OC)[C@H]1C[C@@H](C)C(C)=C1C=O.C=C1C[C@@H](OCc2ccccc2)[C@@]2(O)[C@@H](OC(=O)[C@@]2(C)O[Si](C)(C)C)C2=C(C)[C@H](C)C[C@H]12. The molecule has 1 heterocycles. The largest absolute Gasteiger partial charge is 0.467 e. The van der Waals surface area contributed by atoms with E-state index in [1.54, 1.807) is 13.8 Å². The zero-order chi connectivity index (χ0) is 44.6. The highest BCUT2D eigenvalue weighted by Crippen LogP contribution is 2.56. The Morgan fingerprint density at radius 2 is 1.63 bits per heavy atom. The summed E-state index contributed by atoms with van der Waals surface area (Å²) in [4.78, 5) is 50.4. The summed E-state index contributed by atoms with van der Waals surface area (Å²) in [6, 6.07) is 9.86. The summed E-state index contributed by atoms with van der Waals surface area (Å²) < 4.78 is 29.7. The number of fused-ring (bicyclic) bond motifs is 3. The van der Waals surface area contributed by atoms with Crippen molar-refractivity contribution in [3.8, 4) is 0 Å². The highest BCUT2D eigenvalue weighted by atomic mass is 28.4. The molecule has 2 fully saturated rings. The van der Waals surface area contributed by atoms with Gasteiger partial charge in [0.2, 0.25) is 5.60 Å². The van der Waals surface area contributed by atoms with Crippen LogP contribution in [-0.2, 0) is 48.8 Å². The molecule has 3 aliphatic carbocycles. The number of aliphatic hydroxyl groups is 1. The molecule has 4 aliphatic rings. The average Bonchev–Trinajstić information content (AvgIpc) is 3.66. The van der Waals surface area contributed by atoms with Crippen molar-refractivity contribution in [3.63, 3.8) is 0 Å². The summed E-state index contributed by atoms with van der Waals surface area (Å²) in [5.41, 5.74) is 2.12. The summed E-state index contributed by atoms with van der Waals surface area (Å²) in [5.74, 6) is -1.24. The molecule has 10 atom stereocenters. The topological polar surface area (TPSA) is 135 Å². The number of ketones is 1. The average molecular weight is 851 g/mol. The summed E-state index contributed by atoms with van der Waals surface area (Å²) in [7, 11) is -3.15. The molecule has 59 heavy (non-hydrogen) atoms. The van der Waals surface area contributed by atoms with Gasteiger partial charge in [0.25, 0.3) is 0 Å². The Labute approximate surface area is 355 Å². The smallest absolute Gasteiger partial charge is 0.344 e. The molecular formula is C47H70O10Si2. The van der Waals surface area contributed by atoms with Gasteiger partial charge in [-0.15, -0.1) is 0 Å². The van der Waals surface area contributed by atoms with Gasteiger partial charge in [0.15, 0.2) is 39.7 Å². The summed E-state index contributed by atoms with van der Waals surface area (Å²) in [6.45, 7) is 34.0. The van der Waals surface area contributed by atoms with Crippen molar-refractivity contribution >= 4 is 40.6 Å². The highest BCUT2D eigenvalue weighted by molar-refractivity contribution is 6.70. The Bertz CT molecular complexity index is 1870. The van der Waals surface area contributed by atoms with E-state index in [1.807, 2.05) is 76.5 Å². The summed E-state index contributed by atoms with van der Waals surface area (Å²) in [5, 5.41) is 12.5. The van der Waals surface area contributed by atoms with Crippen LogP contribution in [0.1, 0.15) is 79.7 Å². The Balaban J connectivity index is 0.000000265. The van der Waals surface area contributed by atoms with Crippen molar-refractivity contribution in [1.29, 1.82) is 0 Å². The van der Waals surface area contributed by atoms with Crippen LogP contribution in [0.4, 0.5) is 0 Å². The fraction of sp³-hybridized carbons (Fsp3) is 0.617. The first kappa shape index (κ1) is 48.4. The van der Waals surface area contributed by atoms with E-state index in [9.17, 15) is 24.3 Å². The molecule has 1 aliphatic heterocycles. The third-order valence-electron chi connectivity index (χ3n) is 12.8. The second-order valence-corrected chi connectivity index (χ2v) is 28.5. The Kier molecular flexibility index (Phi) is 14.8. The van der Waals surface area contributed by atoms with Crippen molar-refractivity contribution < 1.29 is 47.3 Å². The van der Waals surface area contributed by atoms with Gasteiger partial charge in [-0.05, 0) is 121 Å². The number of rotatable bonds is 14. The van der Waals surface area contributed by atoms with E-state index in [4.69, 9.17) is 23.1 Å². The molecule has 326 valence electrons. The van der Waals surface area contributed by atoms with E-state index < -0.39 is 63.5 Å². The second-order valence-electron chi connectivity index (χ2n) is 19.6. The van der Waals surface area contributed by atoms with Crippen LogP contribution in [-0.4, -0.2) is 81.9 Å². The van der Waals surface area contributed by atoms with Crippen molar-refractivity contribution in [3.05, 3.63) is 82.5 Å². The van der Waals surface area contributed by atoms with Gasteiger partial charge in [0.05, 0.1) is 19.8 Å². The first-order chi connectivity index (χ1) is 27.2. The van der Waals surface area contributed by atoms with E-state index in [2.05, 4.69) is 33.9 Å². The molecule has 0 aromatic heterocycles. The van der Waals surface area contributed by atoms with Gasteiger partial charge in [-0.3, -0.25) is 9.59 Å². The third-order valence-corrected chi connectivity index (χ3v) is 14.8. The van der Waals surface area contributed by atoms with Crippen molar-refractivity contribution in [2.24, 2.45) is 29.6 Å². The minimum Gasteiger partial charge on any atom is -0.467 e. The maximum Gasteiger partial charge on any atom is 0.344 e. The van der Waals surface area contributed by atoms with E-state index >= 15 is 0 Å². The Hall–Kier alpha value is -3.27. The van der Waals surface area contributed by atoms with Crippen molar-refractivity contribution in [2.45, 2.75) is 149 Å². The van der Waals surface area contributed by atoms with Crippen LogP contribution in [0.2, 0.25) is 39.3 Å². The number of ether oxygens (including phenoxy) is 3. The molecule has 5 rings (SSSR count). The van der Waals surface area contributed by atoms with E-state index in [1.165, 1.54) is 19.6 Å². The molecule has 0 radical (unpaired) electrons. The lowest BCUT2D eigenvalue weighted by molar-refractivity contribution is -0.192. The molecule has 0 amide bonds. The van der Waals surface area contributed by atoms with Crippen LogP contribution < -0.4 is 0 Å². The van der Waals surface area contributed by atoms with Gasteiger partial charge in [-0.1, -0.05) is 86.6 Å². The molecule has 1 saturated heterocycles. The number of benzene rings is 1. The lowest BCUT2D eigenvalue weighted by Gasteiger charge is -2.44. The quantitative estimate of drug-likeness (QED) is 0.0636. The number of Topliss-reactive ketones (excluding diaryl/α,β-unsaturated/α-hetero) is 1. The summed E-state index contributed by atoms with van der Waals surface area (Å²) in [6.07, 6.45) is 2.03. The molecule has 1 aromatic rings. The molecule has 10 nitrogen and oxygen atoms in total. The van der Waals surface area contributed by atoms with Gasteiger partial charge in [0.1, 0.15) is 6.29 Å². The number of hydrogen-bond acceptors (Lipinski definition) is 10. The number of carbonyl (C=O) groups excluding carboxylic acids is 4. The zero-order valence-corrected chi connectivity index (χ0v) is 40.1. The van der Waals surface area contributed by atoms with Crippen molar-refractivity contribution in [2.75, 3.05) is 7.11 Å². The van der Waals surface area contributed by atoms with E-state index in [0.29, 0.717) is 31.3 Å². The van der Waals surface area contributed by atoms with Crippen LogP contribution in [0.25, 0.3) is 0 Å². The molecule has 1 saturated carbocycles. The van der Waals surface area contributed by atoms with Gasteiger partial charge < -0.3 is 28.2 Å². The van der Waals surface area contributed by atoms with Crippen LogP contribution in [0.15, 0.2) is 76.9 Å². The summed E-state index contributed by atoms with van der Waals surface area (Å²) >= 11 is 0. The van der Waals surface area contributed by atoms with Crippen molar-refractivity contribution in [1.82, 2.24) is 0 Å². The molecule has 0 spiro atoms. The third kappa shape index (κ3) is 9.78. The van der Waals surface area contributed by atoms with E-state index in [-0.39, 0.29) is 17.6 Å². The number of carbonyl (C=O) groups is 4. The molecule has 0 bridgehead atoms. The van der Waals surface area contributed by atoms with Crippen LogP contribution in [0.3, 0.4) is 0 Å². The lowest BCUT2D eigenvalue weighted by Crippen LogP contribution is -2.66. The predicted molar refractivity (Wildman–Crippen MR) is 235 cm³/mol. The first-order valence-electron chi connectivity index (χ1n) is 21.0. The standard InChI is InChI=1S/C26H36O5Si.C21H34O5Si/c1-16-13-20-17(2)14-21(29-15-19-11-9-8-10-12-19)26(28)23(22(20)18(16)3)30-24(27)25(26,4)31-32(5,6)7;1-13-11-17(18(12-22)16(13)4)14(2)10-15(3)19(23)21(5,20(24)25-6)26-27(7,8)9/h8-12,16,20-21,23,28H,2,13-15H2,1,3-7H3;12-13,15,17H,2,10-11H2,1,3-9H3/t16-,20-,21-,23+,25-,26-;13-,15-,17-,21+/m11/s1. The normalized spacial score (nSPS) is 31.0. The van der Waals surface area contributed by atoms with Crippen LogP contribution >= 0.6 is 0 Å². The maximum absolute atomic E-state index is 13.4. The Morgan fingerprint density at radius 1 is 1.03 bits per heavy atom. The Morgan fingerprint density at radius 3 is 2.17 bits per heavy atom.